The van der Waals surface area contributed by atoms with Crippen LogP contribution in [-0.4, -0.2) is 10.2 Å². The van der Waals surface area contributed by atoms with Crippen LogP contribution in [0.3, 0.4) is 0 Å². The predicted octanol–water partition coefficient (Wildman–Crippen LogP) is 4.58. The fraction of sp³-hybridized carbons (Fsp3) is 0.0625. The zero-order valence-electron chi connectivity index (χ0n) is 11.9. The van der Waals surface area contributed by atoms with E-state index in [-0.39, 0.29) is 5.82 Å². The zero-order chi connectivity index (χ0) is 16.1. The number of hydrogen-bond donors (Lipinski definition) is 1. The van der Waals surface area contributed by atoms with Gasteiger partial charge in [-0.3, -0.25) is 0 Å². The molecule has 0 aliphatic carbocycles. The molecule has 0 atom stereocenters. The van der Waals surface area contributed by atoms with Gasteiger partial charge in [0.1, 0.15) is 5.82 Å². The maximum Gasteiger partial charge on any atom is 0.210 e. The van der Waals surface area contributed by atoms with Crippen molar-refractivity contribution in [3.8, 4) is 6.07 Å². The molecule has 3 rings (SSSR count). The summed E-state index contributed by atoms with van der Waals surface area (Å²) in [5.41, 5.74) is 2.34. The van der Waals surface area contributed by atoms with Gasteiger partial charge in [0.15, 0.2) is 4.34 Å². The molecule has 7 heteroatoms. The minimum Gasteiger partial charge on any atom is -0.330 e. The van der Waals surface area contributed by atoms with Crippen LogP contribution in [0, 0.1) is 17.1 Å². The van der Waals surface area contributed by atoms with E-state index >= 15 is 0 Å². The van der Waals surface area contributed by atoms with E-state index in [0.29, 0.717) is 22.1 Å². The molecule has 0 bridgehead atoms. The van der Waals surface area contributed by atoms with Gasteiger partial charge < -0.3 is 5.32 Å². The Labute approximate surface area is 141 Å². The van der Waals surface area contributed by atoms with Crippen LogP contribution in [-0.2, 0) is 5.75 Å². The summed E-state index contributed by atoms with van der Waals surface area (Å²) < 4.78 is 14.0. The Morgan fingerprint density at radius 1 is 1.17 bits per heavy atom. The summed E-state index contributed by atoms with van der Waals surface area (Å²) in [7, 11) is 0. The second-order valence-electron chi connectivity index (χ2n) is 4.61. The summed E-state index contributed by atoms with van der Waals surface area (Å²) in [6, 6.07) is 15.8. The number of nitrogens with zero attached hydrogens (tertiary/aromatic N) is 3. The van der Waals surface area contributed by atoms with E-state index in [1.165, 1.54) is 23.5 Å². The largest absolute Gasteiger partial charge is 0.330 e. The second kappa shape index (κ2) is 7.22. The normalized spacial score (nSPS) is 10.3. The number of hydrogen-bond acceptors (Lipinski definition) is 6. The number of nitriles is 1. The average molecular weight is 342 g/mol. The SMILES string of the molecule is N#Cc1cccc(CSc2nnc(Nc3cccc(F)c3)s2)c1. The smallest absolute Gasteiger partial charge is 0.210 e. The van der Waals surface area contributed by atoms with E-state index in [1.54, 1.807) is 30.0 Å². The standard InChI is InChI=1S/C16H11FN4S2/c17-13-5-2-6-14(8-13)19-15-20-21-16(23-15)22-10-12-4-1-3-11(7-12)9-18/h1-8H,10H2,(H,19,20). The quantitative estimate of drug-likeness (QED) is 0.687. The van der Waals surface area contributed by atoms with Crippen molar-refractivity contribution in [2.24, 2.45) is 0 Å². The molecule has 23 heavy (non-hydrogen) atoms. The topological polar surface area (TPSA) is 61.6 Å². The molecule has 0 unspecified atom stereocenters. The lowest BCUT2D eigenvalue weighted by Gasteiger charge is -2.00. The summed E-state index contributed by atoms with van der Waals surface area (Å²) in [6.07, 6.45) is 0. The van der Waals surface area contributed by atoms with Crippen LogP contribution in [0.2, 0.25) is 0 Å². The van der Waals surface area contributed by atoms with Crippen molar-refractivity contribution >= 4 is 33.9 Å². The van der Waals surface area contributed by atoms with Gasteiger partial charge in [0.2, 0.25) is 5.13 Å². The molecule has 2 aromatic carbocycles. The van der Waals surface area contributed by atoms with Gasteiger partial charge in [-0.1, -0.05) is 41.3 Å². The summed E-state index contributed by atoms with van der Waals surface area (Å²) in [5, 5.41) is 20.7. The van der Waals surface area contributed by atoms with Crippen molar-refractivity contribution in [1.82, 2.24) is 10.2 Å². The lowest BCUT2D eigenvalue weighted by Crippen LogP contribution is -1.89. The molecule has 114 valence electrons. The van der Waals surface area contributed by atoms with E-state index in [9.17, 15) is 4.39 Å². The van der Waals surface area contributed by atoms with Crippen molar-refractivity contribution in [2.75, 3.05) is 5.32 Å². The Hall–Kier alpha value is -2.43. The number of rotatable bonds is 5. The van der Waals surface area contributed by atoms with Crippen LogP contribution in [0.25, 0.3) is 0 Å². The van der Waals surface area contributed by atoms with Crippen molar-refractivity contribution in [2.45, 2.75) is 10.1 Å². The molecule has 0 saturated carbocycles. The lowest BCUT2D eigenvalue weighted by atomic mass is 10.2. The number of halogens is 1. The van der Waals surface area contributed by atoms with E-state index in [4.69, 9.17) is 5.26 Å². The number of benzene rings is 2. The van der Waals surface area contributed by atoms with Crippen molar-refractivity contribution in [3.05, 3.63) is 65.5 Å². The van der Waals surface area contributed by atoms with E-state index in [1.807, 2.05) is 18.2 Å². The molecule has 0 radical (unpaired) electrons. The Balaban J connectivity index is 1.62. The first-order valence-electron chi connectivity index (χ1n) is 6.71. The molecular weight excluding hydrogens is 331 g/mol. The number of aromatic nitrogens is 2. The molecular formula is C16H11FN4S2. The highest BCUT2D eigenvalue weighted by Gasteiger charge is 2.06. The van der Waals surface area contributed by atoms with Crippen molar-refractivity contribution in [3.63, 3.8) is 0 Å². The first kappa shape index (κ1) is 15.5. The number of thioether (sulfide) groups is 1. The van der Waals surface area contributed by atoms with Gasteiger partial charge in [-0.15, -0.1) is 10.2 Å². The monoisotopic (exact) mass is 342 g/mol. The molecule has 1 N–H and O–H groups in total. The Bertz CT molecular complexity index is 857. The van der Waals surface area contributed by atoms with Crippen LogP contribution in [0.1, 0.15) is 11.1 Å². The van der Waals surface area contributed by atoms with Gasteiger partial charge >= 0.3 is 0 Å². The van der Waals surface area contributed by atoms with E-state index < -0.39 is 0 Å². The summed E-state index contributed by atoms with van der Waals surface area (Å²) >= 11 is 2.95. The lowest BCUT2D eigenvalue weighted by molar-refractivity contribution is 0.628. The molecule has 0 aliphatic heterocycles. The molecule has 1 aromatic heterocycles. The summed E-state index contributed by atoms with van der Waals surface area (Å²) in [6.45, 7) is 0. The van der Waals surface area contributed by atoms with Gasteiger partial charge in [0.05, 0.1) is 11.6 Å². The van der Waals surface area contributed by atoms with Gasteiger partial charge in [-0.25, -0.2) is 4.39 Å². The molecule has 0 amide bonds. The second-order valence-corrected chi connectivity index (χ2v) is 6.81. The third-order valence-corrected chi connectivity index (χ3v) is 4.94. The number of nitrogens with one attached hydrogen (secondary N) is 1. The van der Waals surface area contributed by atoms with Gasteiger partial charge in [0.25, 0.3) is 0 Å². The molecule has 0 aliphatic rings. The third-order valence-electron chi connectivity index (χ3n) is 2.90. The third kappa shape index (κ3) is 4.28. The average Bonchev–Trinajstić information content (AvgIpc) is 3.00. The fourth-order valence-electron chi connectivity index (χ4n) is 1.88. The van der Waals surface area contributed by atoms with Crippen LogP contribution in [0.15, 0.2) is 52.9 Å². The Morgan fingerprint density at radius 2 is 2.04 bits per heavy atom. The van der Waals surface area contributed by atoms with Crippen LogP contribution < -0.4 is 5.32 Å². The highest BCUT2D eigenvalue weighted by molar-refractivity contribution is 8.00. The molecule has 3 aromatic rings. The van der Waals surface area contributed by atoms with Crippen LogP contribution in [0.4, 0.5) is 15.2 Å². The highest BCUT2D eigenvalue weighted by atomic mass is 32.2. The molecule has 4 nitrogen and oxygen atoms in total. The molecule has 1 heterocycles. The predicted molar refractivity (Wildman–Crippen MR) is 90.3 cm³/mol. The molecule has 0 saturated heterocycles. The first-order chi connectivity index (χ1) is 11.2. The Morgan fingerprint density at radius 3 is 2.87 bits per heavy atom. The van der Waals surface area contributed by atoms with Gasteiger partial charge in [-0.2, -0.15) is 5.26 Å². The van der Waals surface area contributed by atoms with Crippen molar-refractivity contribution < 1.29 is 4.39 Å². The fourth-order valence-corrected chi connectivity index (χ4v) is 3.60. The van der Waals surface area contributed by atoms with Crippen LogP contribution in [0.5, 0.6) is 0 Å². The maximum atomic E-state index is 13.1. The minimum atomic E-state index is -0.300. The summed E-state index contributed by atoms with van der Waals surface area (Å²) in [4.78, 5) is 0. The number of anilines is 2. The zero-order valence-corrected chi connectivity index (χ0v) is 13.5. The van der Waals surface area contributed by atoms with Crippen LogP contribution >= 0.6 is 23.1 Å². The molecule has 0 fully saturated rings. The summed E-state index contributed by atoms with van der Waals surface area (Å²) in [5.74, 6) is 0.413. The van der Waals surface area contributed by atoms with E-state index in [0.717, 1.165) is 9.90 Å². The highest BCUT2D eigenvalue weighted by Crippen LogP contribution is 2.30. The minimum absolute atomic E-state index is 0.300. The first-order valence-corrected chi connectivity index (χ1v) is 8.51. The van der Waals surface area contributed by atoms with Crippen molar-refractivity contribution in [1.29, 1.82) is 5.26 Å². The van der Waals surface area contributed by atoms with Gasteiger partial charge in [0, 0.05) is 11.4 Å². The van der Waals surface area contributed by atoms with Gasteiger partial charge in [-0.05, 0) is 35.9 Å². The Kier molecular flexibility index (Phi) is 4.86. The van der Waals surface area contributed by atoms with E-state index in [2.05, 4.69) is 21.6 Å². The maximum absolute atomic E-state index is 13.1. The molecule has 0 spiro atoms.